The molecular weight excluding hydrogens is 271 g/mol. The molecule has 0 radical (unpaired) electrons. The van der Waals surface area contributed by atoms with Gasteiger partial charge in [0.05, 0.1) is 5.56 Å². The summed E-state index contributed by atoms with van der Waals surface area (Å²) in [6, 6.07) is 5.69. The number of hydrogen-bond acceptors (Lipinski definition) is 2. The molecule has 0 unspecified atom stereocenters. The number of amides is 1. The van der Waals surface area contributed by atoms with Gasteiger partial charge in [0, 0.05) is 5.69 Å². The van der Waals surface area contributed by atoms with Crippen molar-refractivity contribution in [3.05, 3.63) is 58.9 Å². The smallest absolute Gasteiger partial charge is 0.258 e. The Bertz CT molecular complexity index is 686. The molecule has 0 atom stereocenters. The van der Waals surface area contributed by atoms with Gasteiger partial charge in [0.25, 0.3) is 5.91 Å². The summed E-state index contributed by atoms with van der Waals surface area (Å²) in [5.41, 5.74) is 0.273. The zero-order valence-corrected chi connectivity index (χ0v) is 10.4. The minimum atomic E-state index is -1.69. The third kappa shape index (κ3) is 2.59. The predicted molar refractivity (Wildman–Crippen MR) is 67.1 cm³/mol. The first kappa shape index (κ1) is 13.9. The van der Waals surface area contributed by atoms with E-state index in [4.69, 9.17) is 0 Å². The van der Waals surface area contributed by atoms with Crippen LogP contribution in [0.5, 0.6) is 5.75 Å². The van der Waals surface area contributed by atoms with Crippen molar-refractivity contribution in [1.82, 2.24) is 0 Å². The average molecular weight is 281 g/mol. The maximum Gasteiger partial charge on any atom is 0.258 e. The molecule has 0 aliphatic carbocycles. The lowest BCUT2D eigenvalue weighted by Gasteiger charge is -2.09. The Hall–Kier alpha value is -2.50. The molecule has 2 aromatic rings. The third-order valence-corrected chi connectivity index (χ3v) is 2.74. The highest BCUT2D eigenvalue weighted by atomic mass is 19.2. The minimum absolute atomic E-state index is 0.0134. The van der Waals surface area contributed by atoms with Gasteiger partial charge in [-0.25, -0.2) is 13.2 Å². The van der Waals surface area contributed by atoms with Crippen LogP contribution in [0.3, 0.4) is 0 Å². The Kier molecular flexibility index (Phi) is 3.65. The fourth-order valence-corrected chi connectivity index (χ4v) is 1.68. The molecule has 6 heteroatoms. The van der Waals surface area contributed by atoms with E-state index in [1.807, 2.05) is 0 Å². The van der Waals surface area contributed by atoms with Crippen LogP contribution in [0.25, 0.3) is 0 Å². The maximum absolute atomic E-state index is 13.5. The third-order valence-electron chi connectivity index (χ3n) is 2.74. The standard InChI is InChI=1S/C14H10F3NO2/c1-7-6-8(19)2-5-11(7)18-14(20)9-3-4-10(15)13(17)12(9)16/h2-6,19H,1H3,(H,18,20). The molecular formula is C14H10F3NO2. The summed E-state index contributed by atoms with van der Waals surface area (Å²) >= 11 is 0. The van der Waals surface area contributed by atoms with Crippen LogP contribution in [0.15, 0.2) is 30.3 Å². The molecule has 0 saturated heterocycles. The van der Waals surface area contributed by atoms with Crippen LogP contribution >= 0.6 is 0 Å². The average Bonchev–Trinajstić information content (AvgIpc) is 2.39. The van der Waals surface area contributed by atoms with Crippen LogP contribution in [0.4, 0.5) is 18.9 Å². The highest BCUT2D eigenvalue weighted by Gasteiger charge is 2.19. The van der Waals surface area contributed by atoms with Gasteiger partial charge in [-0.15, -0.1) is 0 Å². The summed E-state index contributed by atoms with van der Waals surface area (Å²) in [5.74, 6) is -5.49. The molecule has 104 valence electrons. The number of rotatable bonds is 2. The predicted octanol–water partition coefficient (Wildman–Crippen LogP) is 3.37. The van der Waals surface area contributed by atoms with E-state index >= 15 is 0 Å². The molecule has 2 rings (SSSR count). The molecule has 1 amide bonds. The Morgan fingerprint density at radius 1 is 1.10 bits per heavy atom. The van der Waals surface area contributed by atoms with E-state index < -0.39 is 28.9 Å². The van der Waals surface area contributed by atoms with Crippen molar-refractivity contribution in [2.75, 3.05) is 5.32 Å². The minimum Gasteiger partial charge on any atom is -0.508 e. The number of halogens is 3. The lowest BCUT2D eigenvalue weighted by Crippen LogP contribution is -2.15. The second kappa shape index (κ2) is 5.24. The largest absolute Gasteiger partial charge is 0.508 e. The number of phenolic OH excluding ortho intramolecular Hbond substituents is 1. The van der Waals surface area contributed by atoms with E-state index in [1.54, 1.807) is 6.92 Å². The lowest BCUT2D eigenvalue weighted by molar-refractivity contribution is 0.102. The van der Waals surface area contributed by atoms with Gasteiger partial charge >= 0.3 is 0 Å². The molecule has 0 saturated carbocycles. The Labute approximate surface area is 112 Å². The number of benzene rings is 2. The molecule has 0 heterocycles. The second-order valence-electron chi connectivity index (χ2n) is 4.18. The van der Waals surface area contributed by atoms with Crippen LogP contribution < -0.4 is 5.32 Å². The van der Waals surface area contributed by atoms with E-state index in [1.165, 1.54) is 18.2 Å². The Morgan fingerprint density at radius 2 is 1.80 bits per heavy atom. The van der Waals surface area contributed by atoms with Gasteiger partial charge in [-0.05, 0) is 42.8 Å². The van der Waals surface area contributed by atoms with Crippen molar-refractivity contribution >= 4 is 11.6 Å². The van der Waals surface area contributed by atoms with Gasteiger partial charge in [0.2, 0.25) is 0 Å². The van der Waals surface area contributed by atoms with Crippen molar-refractivity contribution in [3.8, 4) is 5.75 Å². The van der Waals surface area contributed by atoms with Crippen molar-refractivity contribution < 1.29 is 23.1 Å². The SMILES string of the molecule is Cc1cc(O)ccc1NC(=O)c1ccc(F)c(F)c1F. The van der Waals surface area contributed by atoms with E-state index in [0.717, 1.165) is 6.07 Å². The molecule has 0 fully saturated rings. The summed E-state index contributed by atoms with van der Waals surface area (Å²) in [7, 11) is 0. The molecule has 0 aliphatic rings. The van der Waals surface area contributed by atoms with Gasteiger partial charge in [0.1, 0.15) is 5.75 Å². The fraction of sp³-hybridized carbons (Fsp3) is 0.0714. The van der Waals surface area contributed by atoms with Crippen molar-refractivity contribution in [3.63, 3.8) is 0 Å². The van der Waals surface area contributed by atoms with Crippen LogP contribution in [0.1, 0.15) is 15.9 Å². The van der Waals surface area contributed by atoms with Crippen LogP contribution in [-0.4, -0.2) is 11.0 Å². The summed E-state index contributed by atoms with van der Waals surface area (Å²) in [6.45, 7) is 1.62. The zero-order valence-electron chi connectivity index (χ0n) is 10.4. The first-order valence-electron chi connectivity index (χ1n) is 5.64. The summed E-state index contributed by atoms with van der Waals surface area (Å²) in [6.07, 6.45) is 0. The first-order valence-corrected chi connectivity index (χ1v) is 5.64. The second-order valence-corrected chi connectivity index (χ2v) is 4.18. The molecule has 3 nitrogen and oxygen atoms in total. The van der Waals surface area contributed by atoms with E-state index in [2.05, 4.69) is 5.32 Å². The van der Waals surface area contributed by atoms with Crippen LogP contribution in [-0.2, 0) is 0 Å². The Balaban J connectivity index is 2.31. The number of anilines is 1. The number of phenols is 1. The number of hydrogen-bond donors (Lipinski definition) is 2. The number of carbonyl (C=O) groups is 1. The number of nitrogens with one attached hydrogen (secondary N) is 1. The van der Waals surface area contributed by atoms with Gasteiger partial charge in [0.15, 0.2) is 17.5 Å². The summed E-state index contributed by atoms with van der Waals surface area (Å²) in [5, 5.41) is 11.6. The number of aromatic hydroxyl groups is 1. The highest BCUT2D eigenvalue weighted by Crippen LogP contribution is 2.22. The summed E-state index contributed by atoms with van der Waals surface area (Å²) < 4.78 is 39.3. The van der Waals surface area contributed by atoms with Crippen molar-refractivity contribution in [2.24, 2.45) is 0 Å². The Morgan fingerprint density at radius 3 is 2.45 bits per heavy atom. The molecule has 0 spiro atoms. The van der Waals surface area contributed by atoms with E-state index in [-0.39, 0.29) is 5.75 Å². The highest BCUT2D eigenvalue weighted by molar-refractivity contribution is 6.04. The quantitative estimate of drug-likeness (QED) is 0.655. The van der Waals surface area contributed by atoms with Crippen molar-refractivity contribution in [1.29, 1.82) is 0 Å². The van der Waals surface area contributed by atoms with E-state index in [0.29, 0.717) is 17.3 Å². The van der Waals surface area contributed by atoms with Gasteiger partial charge in [-0.1, -0.05) is 0 Å². The maximum atomic E-state index is 13.5. The van der Waals surface area contributed by atoms with E-state index in [9.17, 15) is 23.1 Å². The van der Waals surface area contributed by atoms with Crippen molar-refractivity contribution in [2.45, 2.75) is 6.92 Å². The molecule has 2 N–H and O–H groups in total. The normalized spacial score (nSPS) is 10.4. The molecule has 0 bridgehead atoms. The van der Waals surface area contributed by atoms with Gasteiger partial charge in [-0.3, -0.25) is 4.79 Å². The summed E-state index contributed by atoms with van der Waals surface area (Å²) in [4.78, 5) is 11.8. The first-order chi connectivity index (χ1) is 9.40. The molecule has 0 aromatic heterocycles. The lowest BCUT2D eigenvalue weighted by atomic mass is 10.1. The number of carbonyl (C=O) groups excluding carboxylic acids is 1. The van der Waals surface area contributed by atoms with Gasteiger partial charge in [-0.2, -0.15) is 0 Å². The van der Waals surface area contributed by atoms with Crippen LogP contribution in [0, 0.1) is 24.4 Å². The molecule has 20 heavy (non-hydrogen) atoms. The fourth-order valence-electron chi connectivity index (χ4n) is 1.68. The molecule has 2 aromatic carbocycles. The number of aryl methyl sites for hydroxylation is 1. The monoisotopic (exact) mass is 281 g/mol. The zero-order chi connectivity index (χ0) is 14.9. The van der Waals surface area contributed by atoms with Gasteiger partial charge < -0.3 is 10.4 Å². The topological polar surface area (TPSA) is 49.3 Å². The van der Waals surface area contributed by atoms with Crippen LogP contribution in [0.2, 0.25) is 0 Å². The molecule has 0 aliphatic heterocycles.